The van der Waals surface area contributed by atoms with Crippen molar-refractivity contribution >= 4 is 28.4 Å². The summed E-state index contributed by atoms with van der Waals surface area (Å²) in [5.41, 5.74) is 8.64. The SMILES string of the molecule is COc1ccc(Nc2nc(N)nc3cccc(C)c23)cc1. The van der Waals surface area contributed by atoms with Gasteiger partial charge in [0.2, 0.25) is 5.95 Å². The average molecular weight is 280 g/mol. The number of ether oxygens (including phenoxy) is 1. The minimum Gasteiger partial charge on any atom is -0.497 e. The lowest BCUT2D eigenvalue weighted by molar-refractivity contribution is 0.415. The van der Waals surface area contributed by atoms with Crippen molar-refractivity contribution < 1.29 is 4.74 Å². The lowest BCUT2D eigenvalue weighted by Crippen LogP contribution is -2.02. The van der Waals surface area contributed by atoms with Crippen molar-refractivity contribution in [1.29, 1.82) is 0 Å². The first-order chi connectivity index (χ1) is 10.2. The summed E-state index contributed by atoms with van der Waals surface area (Å²) in [6, 6.07) is 13.6. The highest BCUT2D eigenvalue weighted by atomic mass is 16.5. The smallest absolute Gasteiger partial charge is 0.222 e. The maximum absolute atomic E-state index is 5.79. The Balaban J connectivity index is 2.06. The number of benzene rings is 2. The zero-order valence-electron chi connectivity index (χ0n) is 11.9. The first-order valence-corrected chi connectivity index (χ1v) is 6.61. The van der Waals surface area contributed by atoms with Crippen LogP contribution in [0.5, 0.6) is 5.75 Å². The van der Waals surface area contributed by atoms with E-state index in [0.717, 1.165) is 27.9 Å². The molecular formula is C16H16N4O. The van der Waals surface area contributed by atoms with Crippen molar-refractivity contribution in [2.45, 2.75) is 6.92 Å². The minimum atomic E-state index is 0.254. The summed E-state index contributed by atoms with van der Waals surface area (Å²) in [7, 11) is 1.64. The molecule has 0 amide bonds. The number of anilines is 3. The van der Waals surface area contributed by atoms with Crippen LogP contribution in [0.1, 0.15) is 5.56 Å². The van der Waals surface area contributed by atoms with Gasteiger partial charge in [-0.25, -0.2) is 4.98 Å². The van der Waals surface area contributed by atoms with Crippen LogP contribution in [0.25, 0.3) is 10.9 Å². The van der Waals surface area contributed by atoms with Crippen LogP contribution >= 0.6 is 0 Å². The van der Waals surface area contributed by atoms with Gasteiger partial charge in [-0.1, -0.05) is 12.1 Å². The number of hydrogen-bond donors (Lipinski definition) is 2. The Morgan fingerprint density at radius 1 is 1.05 bits per heavy atom. The second-order valence-electron chi connectivity index (χ2n) is 4.75. The maximum atomic E-state index is 5.79. The molecule has 2 aromatic carbocycles. The molecule has 0 radical (unpaired) electrons. The monoisotopic (exact) mass is 280 g/mol. The Hall–Kier alpha value is -2.82. The van der Waals surface area contributed by atoms with E-state index in [1.807, 2.05) is 49.4 Å². The fraction of sp³-hybridized carbons (Fsp3) is 0.125. The molecule has 0 atom stereocenters. The minimum absolute atomic E-state index is 0.254. The predicted molar refractivity (Wildman–Crippen MR) is 85.0 cm³/mol. The highest BCUT2D eigenvalue weighted by Crippen LogP contribution is 2.27. The van der Waals surface area contributed by atoms with Crippen LogP contribution in [0.4, 0.5) is 17.5 Å². The van der Waals surface area contributed by atoms with E-state index in [4.69, 9.17) is 10.5 Å². The van der Waals surface area contributed by atoms with Crippen molar-refractivity contribution in [3.63, 3.8) is 0 Å². The summed E-state index contributed by atoms with van der Waals surface area (Å²) in [6.45, 7) is 2.03. The number of nitrogen functional groups attached to an aromatic ring is 1. The van der Waals surface area contributed by atoms with E-state index in [1.54, 1.807) is 7.11 Å². The Bertz CT molecular complexity index is 784. The number of hydrogen-bond acceptors (Lipinski definition) is 5. The third kappa shape index (κ3) is 2.58. The van der Waals surface area contributed by atoms with E-state index in [0.29, 0.717) is 5.82 Å². The quantitative estimate of drug-likeness (QED) is 0.770. The number of fused-ring (bicyclic) bond motifs is 1. The van der Waals surface area contributed by atoms with Gasteiger partial charge in [-0.05, 0) is 42.8 Å². The first-order valence-electron chi connectivity index (χ1n) is 6.61. The van der Waals surface area contributed by atoms with Gasteiger partial charge in [0, 0.05) is 11.1 Å². The molecule has 0 aliphatic heterocycles. The van der Waals surface area contributed by atoms with Gasteiger partial charge in [-0.3, -0.25) is 0 Å². The standard InChI is InChI=1S/C16H16N4O/c1-10-4-3-5-13-14(10)15(20-16(17)19-13)18-11-6-8-12(21-2)9-7-11/h3-9H,1-2H3,(H3,17,18,19,20). The second kappa shape index (κ2) is 5.28. The number of methoxy groups -OCH3 is 1. The number of aromatic nitrogens is 2. The van der Waals surface area contributed by atoms with Crippen molar-refractivity contribution in [2.75, 3.05) is 18.2 Å². The zero-order chi connectivity index (χ0) is 14.8. The van der Waals surface area contributed by atoms with Crippen LogP contribution in [0.15, 0.2) is 42.5 Å². The highest BCUT2D eigenvalue weighted by molar-refractivity contribution is 5.94. The third-order valence-electron chi connectivity index (χ3n) is 3.30. The Labute approximate surface area is 122 Å². The van der Waals surface area contributed by atoms with E-state index in [1.165, 1.54) is 0 Å². The van der Waals surface area contributed by atoms with E-state index in [2.05, 4.69) is 15.3 Å². The van der Waals surface area contributed by atoms with Crippen LogP contribution in [0, 0.1) is 6.92 Å². The molecule has 1 aromatic heterocycles. The van der Waals surface area contributed by atoms with Gasteiger partial charge in [-0.2, -0.15) is 4.98 Å². The van der Waals surface area contributed by atoms with Gasteiger partial charge in [0.05, 0.1) is 12.6 Å². The molecule has 5 nitrogen and oxygen atoms in total. The molecule has 3 rings (SSSR count). The largest absolute Gasteiger partial charge is 0.497 e. The molecule has 0 saturated heterocycles. The zero-order valence-corrected chi connectivity index (χ0v) is 11.9. The summed E-state index contributed by atoms with van der Waals surface area (Å²) >= 11 is 0. The number of nitrogens with zero attached hydrogens (tertiary/aromatic N) is 2. The third-order valence-corrected chi connectivity index (χ3v) is 3.30. The highest BCUT2D eigenvalue weighted by Gasteiger charge is 2.09. The summed E-state index contributed by atoms with van der Waals surface area (Å²) < 4.78 is 5.15. The number of rotatable bonds is 3. The van der Waals surface area contributed by atoms with Crippen molar-refractivity contribution in [1.82, 2.24) is 9.97 Å². The molecule has 3 aromatic rings. The van der Waals surface area contributed by atoms with Crippen LogP contribution in [-0.2, 0) is 0 Å². The molecule has 0 aliphatic carbocycles. The summed E-state index contributed by atoms with van der Waals surface area (Å²) in [5, 5.41) is 4.27. The van der Waals surface area contributed by atoms with Crippen LogP contribution in [0.2, 0.25) is 0 Å². The van der Waals surface area contributed by atoms with E-state index in [-0.39, 0.29) is 5.95 Å². The second-order valence-corrected chi connectivity index (χ2v) is 4.75. The van der Waals surface area contributed by atoms with Gasteiger partial charge >= 0.3 is 0 Å². The first kappa shape index (κ1) is 13.2. The lowest BCUT2D eigenvalue weighted by Gasteiger charge is -2.11. The molecule has 0 bridgehead atoms. The van der Waals surface area contributed by atoms with Crippen molar-refractivity contribution in [2.24, 2.45) is 0 Å². The molecule has 106 valence electrons. The van der Waals surface area contributed by atoms with Gasteiger partial charge in [0.25, 0.3) is 0 Å². The Morgan fingerprint density at radius 2 is 1.81 bits per heavy atom. The fourth-order valence-electron chi connectivity index (χ4n) is 2.27. The Morgan fingerprint density at radius 3 is 2.52 bits per heavy atom. The van der Waals surface area contributed by atoms with Crippen LogP contribution in [0.3, 0.4) is 0 Å². The molecule has 0 fully saturated rings. The van der Waals surface area contributed by atoms with Gasteiger partial charge in [-0.15, -0.1) is 0 Å². The predicted octanol–water partition coefficient (Wildman–Crippen LogP) is 3.27. The average Bonchev–Trinajstić information content (AvgIpc) is 2.47. The summed E-state index contributed by atoms with van der Waals surface area (Å²) in [4.78, 5) is 8.60. The van der Waals surface area contributed by atoms with E-state index < -0.39 is 0 Å². The number of nitrogens with one attached hydrogen (secondary N) is 1. The van der Waals surface area contributed by atoms with Gasteiger partial charge < -0.3 is 15.8 Å². The lowest BCUT2D eigenvalue weighted by atomic mass is 10.1. The van der Waals surface area contributed by atoms with Crippen LogP contribution < -0.4 is 15.8 Å². The molecule has 0 unspecified atom stereocenters. The van der Waals surface area contributed by atoms with Crippen molar-refractivity contribution in [3.05, 3.63) is 48.0 Å². The summed E-state index contributed by atoms with van der Waals surface area (Å²) in [6.07, 6.45) is 0. The normalized spacial score (nSPS) is 10.6. The molecule has 21 heavy (non-hydrogen) atoms. The van der Waals surface area contributed by atoms with E-state index in [9.17, 15) is 0 Å². The molecule has 3 N–H and O–H groups in total. The number of aryl methyl sites for hydroxylation is 1. The van der Waals surface area contributed by atoms with Gasteiger partial charge in [0.15, 0.2) is 0 Å². The molecule has 1 heterocycles. The molecule has 0 spiro atoms. The van der Waals surface area contributed by atoms with E-state index >= 15 is 0 Å². The molecular weight excluding hydrogens is 264 g/mol. The summed E-state index contributed by atoms with van der Waals surface area (Å²) in [5.74, 6) is 1.77. The van der Waals surface area contributed by atoms with Crippen LogP contribution in [-0.4, -0.2) is 17.1 Å². The van der Waals surface area contributed by atoms with Crippen molar-refractivity contribution in [3.8, 4) is 5.75 Å². The molecule has 5 heteroatoms. The maximum Gasteiger partial charge on any atom is 0.222 e. The van der Waals surface area contributed by atoms with Gasteiger partial charge in [0.1, 0.15) is 11.6 Å². The Kier molecular flexibility index (Phi) is 3.31. The molecule has 0 saturated carbocycles. The number of nitrogens with two attached hydrogens (primary N) is 1. The topological polar surface area (TPSA) is 73.1 Å². The molecule has 0 aliphatic rings. The fourth-order valence-corrected chi connectivity index (χ4v) is 2.27.